The second-order valence-electron chi connectivity index (χ2n) is 5.49. The zero-order valence-corrected chi connectivity index (χ0v) is 12.1. The van der Waals surface area contributed by atoms with Gasteiger partial charge in [0, 0.05) is 13.0 Å². The summed E-state index contributed by atoms with van der Waals surface area (Å²) in [6, 6.07) is 0. The fourth-order valence-electron chi connectivity index (χ4n) is 1.65. The van der Waals surface area contributed by atoms with Crippen LogP contribution in [0.15, 0.2) is 0 Å². The number of carbonyl (C=O) groups excluding carboxylic acids is 2. The zero-order valence-electron chi connectivity index (χ0n) is 12.1. The topological polar surface area (TPSA) is 109 Å². The summed E-state index contributed by atoms with van der Waals surface area (Å²) in [5, 5.41) is 11.8. The molecule has 0 aliphatic carbocycles. The Morgan fingerprint density at radius 1 is 1.16 bits per heavy atom. The van der Waals surface area contributed by atoms with Gasteiger partial charge in [0.1, 0.15) is 0 Å². The highest BCUT2D eigenvalue weighted by Gasteiger charge is 2.37. The first-order chi connectivity index (χ1) is 8.61. The summed E-state index contributed by atoms with van der Waals surface area (Å²) in [7, 11) is 0. The lowest BCUT2D eigenvalue weighted by molar-refractivity contribution is -0.152. The molecule has 0 unspecified atom stereocenters. The molecule has 0 aromatic rings. The monoisotopic (exact) mass is 272 g/mol. The van der Waals surface area contributed by atoms with Crippen molar-refractivity contribution in [3.05, 3.63) is 0 Å². The van der Waals surface area contributed by atoms with E-state index in [1.54, 1.807) is 27.7 Å². The number of carboxylic acids is 1. The van der Waals surface area contributed by atoms with Crippen LogP contribution in [0.4, 0.5) is 0 Å². The predicted molar refractivity (Wildman–Crippen MR) is 71.3 cm³/mol. The second kappa shape index (κ2) is 6.54. The standard InChI is InChI=1S/C13H24N2O4/c1-5-13(6-2,11(18)19)7-9(16)15-8-12(3,4)10(14)17/h5-8H2,1-4H3,(H2,14,17)(H,15,16)(H,18,19). The fourth-order valence-corrected chi connectivity index (χ4v) is 1.65. The molecule has 110 valence electrons. The number of nitrogens with one attached hydrogen (secondary N) is 1. The third-order valence-corrected chi connectivity index (χ3v) is 3.70. The van der Waals surface area contributed by atoms with Gasteiger partial charge in [-0.15, -0.1) is 0 Å². The summed E-state index contributed by atoms with van der Waals surface area (Å²) in [4.78, 5) is 34.2. The molecule has 0 fully saturated rings. The number of carboxylic acid groups (broad SMARTS) is 1. The van der Waals surface area contributed by atoms with Crippen LogP contribution in [0.1, 0.15) is 47.0 Å². The predicted octanol–water partition coefficient (Wildman–Crippen LogP) is 0.895. The molecule has 19 heavy (non-hydrogen) atoms. The molecule has 0 atom stereocenters. The molecule has 0 aliphatic rings. The first-order valence-electron chi connectivity index (χ1n) is 6.41. The Hall–Kier alpha value is -1.59. The van der Waals surface area contributed by atoms with E-state index in [-0.39, 0.29) is 18.9 Å². The molecule has 0 spiro atoms. The molecule has 0 aliphatic heterocycles. The maximum atomic E-state index is 11.8. The van der Waals surface area contributed by atoms with Crippen molar-refractivity contribution in [1.29, 1.82) is 0 Å². The Kier molecular flexibility index (Phi) is 5.99. The molecule has 6 heteroatoms. The van der Waals surface area contributed by atoms with Gasteiger partial charge in [-0.1, -0.05) is 13.8 Å². The summed E-state index contributed by atoms with van der Waals surface area (Å²) in [5.74, 6) is -1.86. The minimum absolute atomic E-state index is 0.0931. The second-order valence-corrected chi connectivity index (χ2v) is 5.49. The molecule has 2 amide bonds. The lowest BCUT2D eigenvalue weighted by Gasteiger charge is -2.27. The van der Waals surface area contributed by atoms with Crippen molar-refractivity contribution in [3.8, 4) is 0 Å². The lowest BCUT2D eigenvalue weighted by Crippen LogP contribution is -2.44. The van der Waals surface area contributed by atoms with Gasteiger partial charge >= 0.3 is 5.97 Å². The largest absolute Gasteiger partial charge is 0.481 e. The molecule has 0 saturated carbocycles. The van der Waals surface area contributed by atoms with Crippen molar-refractivity contribution >= 4 is 17.8 Å². The summed E-state index contributed by atoms with van der Waals surface area (Å²) in [6.07, 6.45) is 0.668. The first kappa shape index (κ1) is 17.4. The third-order valence-electron chi connectivity index (χ3n) is 3.70. The average Bonchev–Trinajstić information content (AvgIpc) is 2.33. The van der Waals surface area contributed by atoms with Gasteiger partial charge in [-0.2, -0.15) is 0 Å². The van der Waals surface area contributed by atoms with E-state index >= 15 is 0 Å². The van der Waals surface area contributed by atoms with E-state index in [1.807, 2.05) is 0 Å². The van der Waals surface area contributed by atoms with E-state index in [4.69, 9.17) is 5.73 Å². The van der Waals surface area contributed by atoms with Gasteiger partial charge in [0.2, 0.25) is 11.8 Å². The van der Waals surface area contributed by atoms with E-state index in [0.29, 0.717) is 12.8 Å². The first-order valence-corrected chi connectivity index (χ1v) is 6.41. The normalized spacial score (nSPS) is 12.0. The van der Waals surface area contributed by atoms with Crippen LogP contribution in [-0.2, 0) is 14.4 Å². The highest BCUT2D eigenvalue weighted by molar-refractivity contribution is 5.86. The summed E-state index contributed by atoms with van der Waals surface area (Å²) in [5.41, 5.74) is 3.31. The number of hydrogen-bond donors (Lipinski definition) is 3. The maximum absolute atomic E-state index is 11.8. The highest BCUT2D eigenvalue weighted by atomic mass is 16.4. The number of primary amides is 1. The molecule has 0 radical (unpaired) electrons. The van der Waals surface area contributed by atoms with Crippen LogP contribution in [0, 0.1) is 10.8 Å². The minimum atomic E-state index is -1.04. The molecule has 0 aromatic carbocycles. The van der Waals surface area contributed by atoms with Crippen molar-refractivity contribution in [2.45, 2.75) is 47.0 Å². The molecule has 0 heterocycles. The Bertz CT molecular complexity index is 360. The molecule has 0 aromatic heterocycles. The van der Waals surface area contributed by atoms with Gasteiger partial charge < -0.3 is 16.2 Å². The number of carbonyl (C=O) groups is 3. The summed E-state index contributed by atoms with van der Waals surface area (Å²) < 4.78 is 0. The van der Waals surface area contributed by atoms with Crippen molar-refractivity contribution in [2.24, 2.45) is 16.6 Å². The quantitative estimate of drug-likeness (QED) is 0.609. The molecule has 6 nitrogen and oxygen atoms in total. The van der Waals surface area contributed by atoms with E-state index < -0.39 is 22.7 Å². The van der Waals surface area contributed by atoms with Gasteiger partial charge in [0.15, 0.2) is 0 Å². The Morgan fingerprint density at radius 2 is 1.63 bits per heavy atom. The van der Waals surface area contributed by atoms with E-state index in [1.165, 1.54) is 0 Å². The molecule has 4 N–H and O–H groups in total. The van der Waals surface area contributed by atoms with E-state index in [0.717, 1.165) is 0 Å². The van der Waals surface area contributed by atoms with E-state index in [2.05, 4.69) is 5.32 Å². The van der Waals surface area contributed by atoms with Gasteiger partial charge in [-0.3, -0.25) is 14.4 Å². The molecular weight excluding hydrogens is 248 g/mol. The minimum Gasteiger partial charge on any atom is -0.481 e. The zero-order chi connectivity index (χ0) is 15.3. The summed E-state index contributed by atoms with van der Waals surface area (Å²) in [6.45, 7) is 6.85. The number of amides is 2. The van der Waals surface area contributed by atoms with Crippen LogP contribution in [-0.4, -0.2) is 29.4 Å². The number of rotatable bonds is 8. The van der Waals surface area contributed by atoms with Gasteiger partial charge in [0.25, 0.3) is 0 Å². The van der Waals surface area contributed by atoms with Gasteiger partial charge in [-0.05, 0) is 26.7 Å². The maximum Gasteiger partial charge on any atom is 0.310 e. The van der Waals surface area contributed by atoms with Crippen LogP contribution >= 0.6 is 0 Å². The summed E-state index contributed by atoms with van der Waals surface area (Å²) >= 11 is 0. The van der Waals surface area contributed by atoms with Crippen LogP contribution < -0.4 is 11.1 Å². The van der Waals surface area contributed by atoms with E-state index in [9.17, 15) is 19.5 Å². The van der Waals surface area contributed by atoms with Gasteiger partial charge in [-0.25, -0.2) is 0 Å². The van der Waals surface area contributed by atoms with Crippen LogP contribution in [0.2, 0.25) is 0 Å². The van der Waals surface area contributed by atoms with Gasteiger partial charge in [0.05, 0.1) is 10.8 Å². The number of nitrogens with two attached hydrogens (primary N) is 1. The number of aliphatic carboxylic acids is 1. The Morgan fingerprint density at radius 3 is 1.95 bits per heavy atom. The average molecular weight is 272 g/mol. The fraction of sp³-hybridized carbons (Fsp3) is 0.769. The van der Waals surface area contributed by atoms with Crippen molar-refractivity contribution < 1.29 is 19.5 Å². The van der Waals surface area contributed by atoms with Crippen molar-refractivity contribution in [2.75, 3.05) is 6.54 Å². The smallest absolute Gasteiger partial charge is 0.310 e. The molecular formula is C13H24N2O4. The highest BCUT2D eigenvalue weighted by Crippen LogP contribution is 2.30. The molecule has 0 bridgehead atoms. The number of hydrogen-bond acceptors (Lipinski definition) is 3. The lowest BCUT2D eigenvalue weighted by atomic mass is 9.79. The van der Waals surface area contributed by atoms with Crippen LogP contribution in [0.5, 0.6) is 0 Å². The van der Waals surface area contributed by atoms with Crippen molar-refractivity contribution in [1.82, 2.24) is 5.32 Å². The Balaban J connectivity index is 4.62. The SMILES string of the molecule is CCC(CC)(CC(=O)NCC(C)(C)C(N)=O)C(=O)O. The van der Waals surface area contributed by atoms with Crippen molar-refractivity contribution in [3.63, 3.8) is 0 Å². The molecule has 0 saturated heterocycles. The Labute approximate surface area is 113 Å². The van der Waals surface area contributed by atoms with Crippen LogP contribution in [0.3, 0.4) is 0 Å². The van der Waals surface area contributed by atoms with Crippen LogP contribution in [0.25, 0.3) is 0 Å². The third kappa shape index (κ3) is 4.54. The molecule has 0 rings (SSSR count).